The number of carbonyl (C=O) groups excluding carboxylic acids is 1. The zero-order chi connectivity index (χ0) is 23.4. The Balaban J connectivity index is 1.31. The van der Waals surface area contributed by atoms with E-state index in [-0.39, 0.29) is 11.7 Å². The molecule has 2 bridgehead atoms. The molecule has 6 rings (SSSR count). The van der Waals surface area contributed by atoms with Gasteiger partial charge >= 0.3 is 0 Å². The number of anilines is 2. The minimum atomic E-state index is -0.580. The zero-order valence-electron chi connectivity index (χ0n) is 19.2. The molecule has 3 aliphatic rings. The van der Waals surface area contributed by atoms with E-state index in [2.05, 4.69) is 39.3 Å². The molecule has 0 aliphatic carbocycles. The van der Waals surface area contributed by atoms with Crippen LogP contribution in [0.3, 0.4) is 0 Å². The molecule has 34 heavy (non-hydrogen) atoms. The van der Waals surface area contributed by atoms with E-state index in [4.69, 9.17) is 5.73 Å². The molecule has 2 saturated heterocycles. The molecule has 0 saturated carbocycles. The van der Waals surface area contributed by atoms with Gasteiger partial charge in [0.1, 0.15) is 5.82 Å². The zero-order valence-corrected chi connectivity index (χ0v) is 19.2. The van der Waals surface area contributed by atoms with Gasteiger partial charge in [0.2, 0.25) is 5.95 Å². The number of halogens is 1. The van der Waals surface area contributed by atoms with Gasteiger partial charge < -0.3 is 16.0 Å². The van der Waals surface area contributed by atoms with Gasteiger partial charge in [0.25, 0.3) is 5.91 Å². The number of rotatable bonds is 3. The first-order valence-electron chi connectivity index (χ1n) is 11.9. The van der Waals surface area contributed by atoms with Crippen LogP contribution in [0, 0.1) is 5.95 Å². The quantitative estimate of drug-likeness (QED) is 0.587. The molecule has 6 nitrogen and oxygen atoms in total. The fourth-order valence-corrected chi connectivity index (χ4v) is 5.71. The molecule has 4 heterocycles. The van der Waals surface area contributed by atoms with Crippen molar-refractivity contribution >= 4 is 17.4 Å². The van der Waals surface area contributed by atoms with E-state index in [1.165, 1.54) is 18.5 Å². The number of nitrogens with zero attached hydrogens (tertiary/aromatic N) is 3. The average Bonchev–Trinajstić information content (AvgIpc) is 3.04. The van der Waals surface area contributed by atoms with Crippen LogP contribution in [0.15, 0.2) is 48.5 Å². The monoisotopic (exact) mass is 457 g/mol. The third-order valence-electron chi connectivity index (χ3n) is 7.74. The highest BCUT2D eigenvalue weighted by Gasteiger charge is 2.37. The molecule has 1 aromatic heterocycles. The van der Waals surface area contributed by atoms with Gasteiger partial charge in [-0.1, -0.05) is 24.3 Å². The van der Waals surface area contributed by atoms with Crippen molar-refractivity contribution in [3.8, 4) is 22.3 Å². The van der Waals surface area contributed by atoms with E-state index in [1.807, 2.05) is 24.3 Å². The van der Waals surface area contributed by atoms with Gasteiger partial charge in [-0.25, -0.2) is 4.98 Å². The number of nitrogens with one attached hydrogen (secondary N) is 1. The van der Waals surface area contributed by atoms with Crippen molar-refractivity contribution < 1.29 is 9.18 Å². The van der Waals surface area contributed by atoms with E-state index < -0.39 is 5.95 Å². The first-order chi connectivity index (χ1) is 16.5. The predicted octanol–water partition coefficient (Wildman–Crippen LogP) is 3.71. The summed E-state index contributed by atoms with van der Waals surface area (Å²) in [5.41, 5.74) is 11.6. The Kier molecular flexibility index (Phi) is 5.03. The maximum absolute atomic E-state index is 14.9. The van der Waals surface area contributed by atoms with E-state index in [9.17, 15) is 9.18 Å². The fraction of sp³-hybridized carbons (Fsp3) is 0.333. The molecule has 3 aromatic rings. The van der Waals surface area contributed by atoms with Gasteiger partial charge in [0.15, 0.2) is 0 Å². The number of nitrogens with two attached hydrogens (primary N) is 1. The summed E-state index contributed by atoms with van der Waals surface area (Å²) in [6.07, 6.45) is 3.27. The van der Waals surface area contributed by atoms with Crippen molar-refractivity contribution in [1.82, 2.24) is 15.2 Å². The van der Waals surface area contributed by atoms with Gasteiger partial charge in [-0.2, -0.15) is 4.39 Å². The lowest BCUT2D eigenvalue weighted by Gasteiger charge is -2.40. The summed E-state index contributed by atoms with van der Waals surface area (Å²) in [7, 11) is 2.23. The largest absolute Gasteiger partial charge is 0.383 e. The molecule has 0 radical (unpaired) electrons. The van der Waals surface area contributed by atoms with Crippen molar-refractivity contribution in [3.63, 3.8) is 0 Å². The second-order valence-electron chi connectivity index (χ2n) is 9.64. The second-order valence-corrected chi connectivity index (χ2v) is 9.64. The molecular formula is C27H28FN5O. The van der Waals surface area contributed by atoms with Crippen LogP contribution in [-0.4, -0.2) is 54.6 Å². The summed E-state index contributed by atoms with van der Waals surface area (Å²) in [4.78, 5) is 21.0. The van der Waals surface area contributed by atoms with E-state index in [0.29, 0.717) is 35.3 Å². The van der Waals surface area contributed by atoms with Crippen LogP contribution in [0.2, 0.25) is 0 Å². The van der Waals surface area contributed by atoms with Crippen LogP contribution >= 0.6 is 0 Å². The summed E-state index contributed by atoms with van der Waals surface area (Å²) < 4.78 is 14.9. The third kappa shape index (κ3) is 3.51. The number of pyridine rings is 1. The van der Waals surface area contributed by atoms with Gasteiger partial charge in [-0.3, -0.25) is 9.69 Å². The lowest BCUT2D eigenvalue weighted by Crippen LogP contribution is -2.51. The van der Waals surface area contributed by atoms with Gasteiger partial charge in [0, 0.05) is 54.1 Å². The number of fused-ring (bicyclic) bond motifs is 3. The first kappa shape index (κ1) is 21.1. The summed E-state index contributed by atoms with van der Waals surface area (Å²) in [5, 5.41) is 2.85. The van der Waals surface area contributed by atoms with Crippen molar-refractivity contribution in [2.75, 3.05) is 37.3 Å². The number of amides is 1. The van der Waals surface area contributed by atoms with Gasteiger partial charge in [0.05, 0.1) is 0 Å². The Labute approximate surface area is 198 Å². The van der Waals surface area contributed by atoms with Gasteiger partial charge in [-0.05, 0) is 67.3 Å². The average molecular weight is 458 g/mol. The molecule has 2 aromatic carbocycles. The van der Waals surface area contributed by atoms with Crippen LogP contribution in [-0.2, 0) is 6.42 Å². The number of hydrogen-bond donors (Lipinski definition) is 2. The summed E-state index contributed by atoms with van der Waals surface area (Å²) >= 11 is 0. The van der Waals surface area contributed by atoms with Crippen LogP contribution in [0.5, 0.6) is 0 Å². The van der Waals surface area contributed by atoms with E-state index in [0.717, 1.165) is 36.2 Å². The minimum absolute atomic E-state index is 0.0628. The molecule has 7 heteroatoms. The Bertz CT molecular complexity index is 1260. The Hall–Kier alpha value is -3.45. The second kappa shape index (κ2) is 8.09. The van der Waals surface area contributed by atoms with E-state index in [1.54, 1.807) is 12.1 Å². The van der Waals surface area contributed by atoms with Crippen LogP contribution in [0.4, 0.5) is 15.9 Å². The Morgan fingerprint density at radius 2 is 1.68 bits per heavy atom. The van der Waals surface area contributed by atoms with Crippen LogP contribution in [0.1, 0.15) is 28.8 Å². The highest BCUT2D eigenvalue weighted by molar-refractivity contribution is 5.97. The maximum Gasteiger partial charge on any atom is 0.251 e. The molecule has 2 unspecified atom stereocenters. The number of carbonyl (C=O) groups is 1. The maximum atomic E-state index is 14.9. The summed E-state index contributed by atoms with van der Waals surface area (Å²) in [6, 6.07) is 16.7. The number of aromatic nitrogens is 1. The molecular weight excluding hydrogens is 429 g/mol. The van der Waals surface area contributed by atoms with Gasteiger partial charge in [-0.15, -0.1) is 0 Å². The molecule has 3 aliphatic heterocycles. The highest BCUT2D eigenvalue weighted by atomic mass is 19.1. The lowest BCUT2D eigenvalue weighted by molar-refractivity contribution is 0.0946. The number of benzene rings is 2. The molecule has 1 amide bonds. The first-order valence-corrected chi connectivity index (χ1v) is 11.9. The van der Waals surface area contributed by atoms with Crippen molar-refractivity contribution in [3.05, 3.63) is 65.6 Å². The lowest BCUT2D eigenvalue weighted by atomic mass is 9.94. The molecule has 0 spiro atoms. The minimum Gasteiger partial charge on any atom is -0.383 e. The van der Waals surface area contributed by atoms with E-state index >= 15 is 0 Å². The van der Waals surface area contributed by atoms with Crippen LogP contribution in [0.25, 0.3) is 22.3 Å². The Morgan fingerprint density at radius 3 is 2.41 bits per heavy atom. The molecule has 174 valence electrons. The topological polar surface area (TPSA) is 74.5 Å². The van der Waals surface area contributed by atoms with Crippen molar-refractivity contribution in [1.29, 1.82) is 0 Å². The SMILES string of the molecule is CN1C2CCC1CN(c1ccc(-c3cc(-c4ccc5c(c4)CCNC5=O)c(N)nc3F)cc1)C2. The predicted molar refractivity (Wildman–Crippen MR) is 132 cm³/mol. The number of piperazine rings is 1. The molecule has 2 atom stereocenters. The Morgan fingerprint density at radius 1 is 0.971 bits per heavy atom. The standard InChI is InChI=1S/C27H28FN5O/c1-32-20-7-8-21(32)15-33(14-20)19-5-2-16(3-6-19)23-13-24(26(29)31-25(23)28)17-4-9-22-18(12-17)10-11-30-27(22)34/h2-6,9,12-13,20-21H,7-8,10-11,14-15H2,1H3,(H2,29,31)(H,30,34). The van der Waals surface area contributed by atoms with Crippen molar-refractivity contribution in [2.45, 2.75) is 31.3 Å². The summed E-state index contributed by atoms with van der Waals surface area (Å²) in [5.74, 6) is -0.498. The number of nitrogen functional groups attached to an aromatic ring is 1. The highest BCUT2D eigenvalue weighted by Crippen LogP contribution is 2.35. The summed E-state index contributed by atoms with van der Waals surface area (Å²) in [6.45, 7) is 2.67. The normalized spacial score (nSPS) is 21.9. The smallest absolute Gasteiger partial charge is 0.251 e. The third-order valence-corrected chi connectivity index (χ3v) is 7.74. The van der Waals surface area contributed by atoms with Crippen molar-refractivity contribution in [2.24, 2.45) is 0 Å². The molecule has 3 N–H and O–H groups in total. The number of hydrogen-bond acceptors (Lipinski definition) is 5. The van der Waals surface area contributed by atoms with Crippen LogP contribution < -0.4 is 16.0 Å². The number of likely N-dealkylation sites (N-methyl/N-ethyl adjacent to an activating group) is 1. The fourth-order valence-electron chi connectivity index (χ4n) is 5.71. The molecule has 2 fully saturated rings.